The number of unbranched alkanes of at least 4 members (excludes halogenated alkanes) is 1. The van der Waals surface area contributed by atoms with E-state index in [-0.39, 0.29) is 58.1 Å². The molecule has 0 N–H and O–H groups in total. The lowest BCUT2D eigenvalue weighted by Crippen LogP contribution is -2.36. The summed E-state index contributed by atoms with van der Waals surface area (Å²) in [5.74, 6) is -15.0. The average molecular weight is 1480 g/mol. The van der Waals surface area contributed by atoms with E-state index in [1.165, 1.54) is 73.9 Å². The van der Waals surface area contributed by atoms with Crippen LogP contribution >= 0.6 is 56.7 Å². The van der Waals surface area contributed by atoms with Gasteiger partial charge in [-0.1, -0.05) is 13.3 Å². The Bertz CT molecular complexity index is 4280. The fourth-order valence-electron chi connectivity index (χ4n) is 11.5. The number of imide groups is 7. The molecule has 21 nitrogen and oxygen atoms in total. The van der Waals surface area contributed by atoms with E-state index in [2.05, 4.69) is 6.92 Å². The Hall–Kier alpha value is -8.56. The normalized spacial score (nSPS) is 14.1. The third kappa shape index (κ3) is 14.7. The molecule has 5 aromatic heterocycles. The summed E-state index contributed by atoms with van der Waals surface area (Å²) in [5.41, 5.74) is 3.02. The zero-order chi connectivity index (χ0) is 73.8. The van der Waals surface area contributed by atoms with E-state index in [1.807, 2.05) is 48.5 Å². The summed E-state index contributed by atoms with van der Waals surface area (Å²) >= 11 is 7.04. The van der Waals surface area contributed by atoms with Gasteiger partial charge in [-0.15, -0.1) is 56.7 Å². The van der Waals surface area contributed by atoms with E-state index in [0.29, 0.717) is 124 Å². The van der Waals surface area contributed by atoms with Crippen molar-refractivity contribution in [1.82, 2.24) is 14.7 Å². The third-order valence-electron chi connectivity index (χ3n) is 16.1. The van der Waals surface area contributed by atoms with E-state index in [4.69, 9.17) is 23.7 Å². The summed E-state index contributed by atoms with van der Waals surface area (Å²) in [5, 5.41) is 0. The zero-order valence-electron chi connectivity index (χ0n) is 57.0. The predicted molar refractivity (Wildman–Crippen MR) is 366 cm³/mol. The molecule has 7 aromatic rings. The zero-order valence-corrected chi connectivity index (χ0v) is 61.1. The fourth-order valence-corrected chi connectivity index (χ4v) is 16.8. The van der Waals surface area contributed by atoms with Gasteiger partial charge in [-0.2, -0.15) is 4.90 Å². The summed E-state index contributed by atoms with van der Waals surface area (Å²) < 4.78 is 93.1. The number of carbonyl (C=O) groups excluding carboxylic acids is 11. The number of halogens is 5. The number of nitrogens with zero attached hydrogens (tertiary/aromatic N) is 5. The van der Waals surface area contributed by atoms with Crippen LogP contribution in [-0.2, 0) is 18.9 Å². The fraction of sp³-hybridized carbons (Fsp3) is 0.377. The molecule has 0 atom stereocenters. The minimum absolute atomic E-state index is 0.00630. The topological polar surface area (TPSA) is 250 Å². The van der Waals surface area contributed by atoms with Crippen LogP contribution in [0.1, 0.15) is 192 Å². The lowest BCUT2D eigenvalue weighted by Gasteiger charge is -2.17. The smallest absolute Gasteiger partial charge is 0.424 e. The van der Waals surface area contributed by atoms with Gasteiger partial charge in [0.05, 0.1) is 101 Å². The minimum Gasteiger partial charge on any atom is -0.494 e. The molecule has 31 heteroatoms. The number of amides is 11. The Kier molecular flexibility index (Phi) is 25.0. The molecule has 0 radical (unpaired) electrons. The van der Waals surface area contributed by atoms with Gasteiger partial charge in [-0.3, -0.25) is 57.7 Å². The first-order chi connectivity index (χ1) is 47.4. The molecule has 0 aliphatic carbocycles. The van der Waals surface area contributed by atoms with Crippen LogP contribution in [0.3, 0.4) is 0 Å². The number of rotatable bonds is 18. The standard InChI is InChI=1S/C18H19NO3S.C14H6F5NO2S.C13H17NO4S.C13H17NO3S.C11H11NO4S/c1-4-5-10-22-14-8-6-13(7-9-14)19-17(20)15-11(2)23-12(3)16(15)18(19)21;1-3-5-6(4(2)23-3)14(22)20(13(5)21)12-10(18)8(16)7(15)9(17)11(12)19;1-8-10-11(9(2)19-8)13(16)14(12(10)15)4-5-18-7-6-17-3;1-4-17-7-5-6-14-12(15)10-8(2)18-9(3)11(10)13(14)16;1-4-16-11(15)12-9(13)7-5(2)17-6(3)8(7)10(12)14/h6-9H,4-5,10H2,1-3H3;1-2H3;4-7H2,1-3H3;4-7H2,1-3H3;4H2,1-3H3. The second-order valence-electron chi connectivity index (χ2n) is 22.7. The van der Waals surface area contributed by atoms with Gasteiger partial charge in [0.2, 0.25) is 5.82 Å². The Morgan fingerprint density at radius 2 is 0.730 bits per heavy atom. The highest BCUT2D eigenvalue weighted by Crippen LogP contribution is 2.43. The lowest BCUT2D eigenvalue weighted by atomic mass is 10.1. The van der Waals surface area contributed by atoms with Crippen molar-refractivity contribution in [2.45, 2.75) is 109 Å². The van der Waals surface area contributed by atoms with Crippen molar-refractivity contribution >= 4 is 133 Å². The van der Waals surface area contributed by atoms with Crippen LogP contribution in [0, 0.1) is 98.3 Å². The van der Waals surface area contributed by atoms with Gasteiger partial charge in [0, 0.05) is 75.6 Å². The highest BCUT2D eigenvalue weighted by atomic mass is 32.1. The molecule has 0 saturated carbocycles. The molecule has 100 heavy (non-hydrogen) atoms. The van der Waals surface area contributed by atoms with Gasteiger partial charge >= 0.3 is 6.09 Å². The molecular weight excluding hydrogens is 1410 g/mol. The van der Waals surface area contributed by atoms with Gasteiger partial charge in [-0.05, 0) is 120 Å². The summed E-state index contributed by atoms with van der Waals surface area (Å²) in [6, 6.07) is 7.13. The molecule has 2 aromatic carbocycles. The van der Waals surface area contributed by atoms with Crippen LogP contribution in [0.2, 0.25) is 0 Å². The first-order valence-electron chi connectivity index (χ1n) is 31.3. The molecule has 0 saturated heterocycles. The number of methoxy groups -OCH3 is 1. The van der Waals surface area contributed by atoms with E-state index < -0.39 is 64.5 Å². The summed E-state index contributed by atoms with van der Waals surface area (Å²) in [7, 11) is 1.60. The third-order valence-corrected chi connectivity index (χ3v) is 21.2. The first-order valence-corrected chi connectivity index (χ1v) is 35.4. The van der Waals surface area contributed by atoms with Crippen molar-refractivity contribution in [1.29, 1.82) is 0 Å². The maximum atomic E-state index is 13.9. The molecular formula is C69H70F5N5O16S5. The molecule has 0 fully saturated rings. The maximum Gasteiger partial charge on any atom is 0.424 e. The molecule has 12 rings (SSSR count). The molecule has 11 amide bonds. The number of ether oxygens (including phenoxy) is 5. The van der Waals surface area contributed by atoms with Gasteiger partial charge in [0.1, 0.15) is 11.4 Å². The predicted octanol–water partition coefficient (Wildman–Crippen LogP) is 14.3. The Balaban J connectivity index is 0.000000160. The van der Waals surface area contributed by atoms with E-state index >= 15 is 0 Å². The number of fused-ring (bicyclic) bond motifs is 5. The summed E-state index contributed by atoms with van der Waals surface area (Å²) in [6.45, 7) is 27.6. The average Bonchev–Trinajstić information content (AvgIpc) is 1.59. The number of hydrogen-bond donors (Lipinski definition) is 0. The SMILES string of the molecule is CCCCOc1ccc(N2C(=O)c3c(C)sc(C)c3C2=O)cc1.CCOC(=O)N1C(=O)c2c(C)sc(C)c2C1=O.CCOCCCN1C(=O)c2c(C)sc(C)c2C1=O.COCCOCCN1C(=O)c2c(C)sc(C)c2C1=O.Cc1sc(C)c2c1C(=O)N(c1c(F)c(F)c(F)c(F)c1F)C2=O. The number of anilines is 2. The molecule has 10 heterocycles. The van der Waals surface area contributed by atoms with Crippen molar-refractivity contribution in [3.63, 3.8) is 0 Å². The molecule has 0 bridgehead atoms. The van der Waals surface area contributed by atoms with Crippen LogP contribution < -0.4 is 14.5 Å². The first kappa shape index (κ1) is 77.2. The van der Waals surface area contributed by atoms with Crippen LogP contribution in [0.4, 0.5) is 38.1 Å². The molecule has 0 spiro atoms. The summed E-state index contributed by atoms with van der Waals surface area (Å²) in [4.78, 5) is 146. The van der Waals surface area contributed by atoms with Crippen molar-refractivity contribution in [3.8, 4) is 5.75 Å². The maximum absolute atomic E-state index is 13.9. The Labute approximate surface area is 591 Å². The second-order valence-corrected chi connectivity index (χ2v) is 29.8. The molecule has 5 aliphatic heterocycles. The van der Waals surface area contributed by atoms with Crippen LogP contribution in [0.5, 0.6) is 5.75 Å². The van der Waals surface area contributed by atoms with Crippen molar-refractivity contribution in [2.75, 3.05) is 76.2 Å². The van der Waals surface area contributed by atoms with Gasteiger partial charge < -0.3 is 23.7 Å². The van der Waals surface area contributed by atoms with Crippen molar-refractivity contribution in [2.24, 2.45) is 0 Å². The monoisotopic (exact) mass is 1480 g/mol. The van der Waals surface area contributed by atoms with Gasteiger partial charge in [-0.25, -0.2) is 36.5 Å². The van der Waals surface area contributed by atoms with E-state index in [1.54, 1.807) is 52.1 Å². The van der Waals surface area contributed by atoms with E-state index in [9.17, 15) is 74.7 Å². The van der Waals surface area contributed by atoms with Crippen LogP contribution in [0.15, 0.2) is 24.3 Å². The van der Waals surface area contributed by atoms with Crippen molar-refractivity contribution < 1.29 is 98.4 Å². The van der Waals surface area contributed by atoms with Gasteiger partial charge in [0.25, 0.3) is 59.1 Å². The second kappa shape index (κ2) is 32.4. The van der Waals surface area contributed by atoms with Crippen molar-refractivity contribution in [3.05, 3.63) is 158 Å². The molecule has 0 unspecified atom stereocenters. The van der Waals surface area contributed by atoms with E-state index in [0.717, 1.165) is 68.9 Å². The van der Waals surface area contributed by atoms with Gasteiger partial charge in [0.15, 0.2) is 23.3 Å². The Morgan fingerprint density at radius 3 is 1.09 bits per heavy atom. The molecule has 5 aliphatic rings. The highest BCUT2D eigenvalue weighted by molar-refractivity contribution is 7.14. The Morgan fingerprint density at radius 1 is 0.380 bits per heavy atom. The number of thiophene rings is 5. The number of hydrogen-bond acceptors (Lipinski definition) is 21. The number of aryl methyl sites for hydroxylation is 10. The largest absolute Gasteiger partial charge is 0.494 e. The van der Waals surface area contributed by atoms with Crippen LogP contribution in [-0.4, -0.2) is 146 Å². The highest BCUT2D eigenvalue weighted by Gasteiger charge is 2.47. The summed E-state index contributed by atoms with van der Waals surface area (Å²) in [6.07, 6.45) is 1.87. The van der Waals surface area contributed by atoms with Crippen LogP contribution in [0.25, 0.3) is 0 Å². The quantitative estimate of drug-likeness (QED) is 0.0255. The number of carbonyl (C=O) groups is 11. The molecule has 532 valence electrons. The lowest BCUT2D eigenvalue weighted by molar-refractivity contribution is 0.0457. The number of benzene rings is 2. The minimum atomic E-state index is -2.36.